The van der Waals surface area contributed by atoms with Crippen LogP contribution in [0.15, 0.2) is 30.3 Å². The average molecular weight is 297 g/mol. The summed E-state index contributed by atoms with van der Waals surface area (Å²) in [7, 11) is 1.25. The topological polar surface area (TPSA) is 102 Å². The number of aliphatic carboxylic acids is 1. The van der Waals surface area contributed by atoms with Crippen molar-refractivity contribution in [2.75, 3.05) is 13.7 Å². The summed E-state index contributed by atoms with van der Waals surface area (Å²) in [5, 5.41) is 9.99. The van der Waals surface area contributed by atoms with E-state index in [2.05, 4.69) is 10.1 Å². The van der Waals surface area contributed by atoms with Crippen LogP contribution < -0.4 is 5.32 Å². The van der Waals surface area contributed by atoms with Crippen molar-refractivity contribution in [2.24, 2.45) is 0 Å². The van der Waals surface area contributed by atoms with E-state index >= 15 is 0 Å². The molecule has 0 saturated carbocycles. The molecule has 2 N–H and O–H groups in total. The van der Waals surface area contributed by atoms with E-state index in [-0.39, 0.29) is 19.6 Å². The predicted octanol–water partition coefficient (Wildman–Crippen LogP) is 1.57. The van der Waals surface area contributed by atoms with E-state index in [0.29, 0.717) is 0 Å². The highest BCUT2D eigenvalue weighted by atomic mass is 16.6. The molecule has 1 rings (SSSR count). The number of amides is 1. The Hall–Kier alpha value is -2.57. The Bertz CT molecular complexity index is 446. The van der Waals surface area contributed by atoms with E-state index in [0.717, 1.165) is 5.56 Å². The number of ether oxygens (including phenoxy) is 2. The van der Waals surface area contributed by atoms with Crippen LogP contribution in [-0.2, 0) is 25.7 Å². The molecule has 1 aromatic rings. The number of methoxy groups -OCH3 is 1. The largest absolute Gasteiger partial charge is 0.481 e. The Morgan fingerprint density at radius 2 is 1.76 bits per heavy atom. The van der Waals surface area contributed by atoms with Crippen molar-refractivity contribution in [3.05, 3.63) is 35.9 Å². The van der Waals surface area contributed by atoms with Gasteiger partial charge in [0.25, 0.3) is 0 Å². The standard InChI is InChI=1S/C11H13NO4.C3H6O2/c1-15-10(13)7-12-11(14)16-8-9-5-3-2-4-6-9;1-2-3(4)5/h2-6H,7-8H2,1H3,(H,12,14);2H2,1H3,(H,4,5). The number of nitrogens with one attached hydrogen (secondary N) is 1. The molecule has 7 heteroatoms. The van der Waals surface area contributed by atoms with Gasteiger partial charge < -0.3 is 19.9 Å². The van der Waals surface area contributed by atoms with Crippen LogP contribution in [0.25, 0.3) is 0 Å². The van der Waals surface area contributed by atoms with Crippen LogP contribution >= 0.6 is 0 Å². The fraction of sp³-hybridized carbons (Fsp3) is 0.357. The molecule has 0 radical (unpaired) electrons. The molecule has 1 amide bonds. The zero-order chi connectivity index (χ0) is 16.1. The van der Waals surface area contributed by atoms with Gasteiger partial charge >= 0.3 is 18.0 Å². The second-order valence-corrected chi connectivity index (χ2v) is 3.74. The normalized spacial score (nSPS) is 8.86. The number of benzene rings is 1. The van der Waals surface area contributed by atoms with E-state index < -0.39 is 18.0 Å². The summed E-state index contributed by atoms with van der Waals surface area (Å²) in [6.07, 6.45) is -0.422. The molecule has 0 bridgehead atoms. The third-order valence-electron chi connectivity index (χ3n) is 2.12. The first-order chi connectivity index (χ1) is 9.99. The van der Waals surface area contributed by atoms with Crippen molar-refractivity contribution in [3.63, 3.8) is 0 Å². The molecule has 1 aromatic carbocycles. The first-order valence-corrected chi connectivity index (χ1v) is 6.22. The number of carboxylic acid groups (broad SMARTS) is 1. The number of carbonyl (C=O) groups excluding carboxylic acids is 2. The molecule has 0 unspecified atom stereocenters. The first kappa shape index (κ1) is 18.4. The highest BCUT2D eigenvalue weighted by Crippen LogP contribution is 2.00. The van der Waals surface area contributed by atoms with Crippen molar-refractivity contribution in [1.29, 1.82) is 0 Å². The van der Waals surface area contributed by atoms with Crippen LogP contribution in [0.3, 0.4) is 0 Å². The van der Waals surface area contributed by atoms with Gasteiger partial charge in [-0.05, 0) is 5.56 Å². The second-order valence-electron chi connectivity index (χ2n) is 3.74. The fourth-order valence-corrected chi connectivity index (χ4v) is 0.991. The lowest BCUT2D eigenvalue weighted by Gasteiger charge is -2.05. The molecular weight excluding hydrogens is 278 g/mol. The van der Waals surface area contributed by atoms with Crippen LogP contribution in [0.2, 0.25) is 0 Å². The van der Waals surface area contributed by atoms with Crippen LogP contribution in [0.4, 0.5) is 4.79 Å². The summed E-state index contributed by atoms with van der Waals surface area (Å²) >= 11 is 0. The van der Waals surface area contributed by atoms with E-state index in [1.165, 1.54) is 7.11 Å². The third kappa shape index (κ3) is 11.0. The monoisotopic (exact) mass is 297 g/mol. The van der Waals surface area contributed by atoms with Crippen LogP contribution in [-0.4, -0.2) is 36.8 Å². The molecule has 116 valence electrons. The molecule has 0 spiro atoms. The molecular formula is C14H19NO6. The first-order valence-electron chi connectivity index (χ1n) is 6.22. The summed E-state index contributed by atoms with van der Waals surface area (Å²) < 4.78 is 9.22. The summed E-state index contributed by atoms with van der Waals surface area (Å²) in [5.41, 5.74) is 0.885. The van der Waals surface area contributed by atoms with Gasteiger partial charge in [0.05, 0.1) is 7.11 Å². The predicted molar refractivity (Wildman–Crippen MR) is 74.6 cm³/mol. The molecule has 0 heterocycles. The molecule has 0 aliphatic carbocycles. The van der Waals surface area contributed by atoms with Gasteiger partial charge in [-0.1, -0.05) is 37.3 Å². The van der Waals surface area contributed by atoms with Gasteiger partial charge in [-0.2, -0.15) is 0 Å². The number of rotatable bonds is 5. The summed E-state index contributed by atoms with van der Waals surface area (Å²) in [6.45, 7) is 1.58. The summed E-state index contributed by atoms with van der Waals surface area (Å²) in [4.78, 5) is 31.2. The minimum atomic E-state index is -0.745. The van der Waals surface area contributed by atoms with E-state index in [1.807, 2.05) is 30.3 Å². The molecule has 7 nitrogen and oxygen atoms in total. The highest BCUT2D eigenvalue weighted by molar-refractivity contribution is 5.77. The second kappa shape index (κ2) is 11.3. The van der Waals surface area contributed by atoms with Gasteiger partial charge in [0.2, 0.25) is 0 Å². The molecule has 0 aliphatic rings. The number of carboxylic acids is 1. The SMILES string of the molecule is CCC(=O)O.COC(=O)CNC(=O)OCc1ccccc1. The maximum atomic E-state index is 11.1. The molecule has 0 aromatic heterocycles. The number of alkyl carbamates (subject to hydrolysis) is 1. The van der Waals surface area contributed by atoms with Crippen LogP contribution in [0.1, 0.15) is 18.9 Å². The van der Waals surface area contributed by atoms with Crippen LogP contribution in [0.5, 0.6) is 0 Å². The lowest BCUT2D eigenvalue weighted by molar-refractivity contribution is -0.139. The Morgan fingerprint density at radius 1 is 1.19 bits per heavy atom. The lowest BCUT2D eigenvalue weighted by Crippen LogP contribution is -2.30. The van der Waals surface area contributed by atoms with E-state index in [9.17, 15) is 14.4 Å². The van der Waals surface area contributed by atoms with Gasteiger partial charge in [0.1, 0.15) is 13.2 Å². The minimum absolute atomic E-state index is 0.174. The van der Waals surface area contributed by atoms with Crippen molar-refractivity contribution < 1.29 is 29.0 Å². The lowest BCUT2D eigenvalue weighted by atomic mass is 10.2. The minimum Gasteiger partial charge on any atom is -0.481 e. The Labute approximate surface area is 122 Å². The molecule has 0 aliphatic heterocycles. The average Bonchev–Trinajstić information content (AvgIpc) is 2.52. The van der Waals surface area contributed by atoms with Crippen molar-refractivity contribution in [3.8, 4) is 0 Å². The summed E-state index contributed by atoms with van der Waals surface area (Å²) in [6, 6.07) is 9.26. The quantitative estimate of drug-likeness (QED) is 0.800. The summed E-state index contributed by atoms with van der Waals surface area (Å²) in [5.74, 6) is -1.26. The smallest absolute Gasteiger partial charge is 0.407 e. The third-order valence-corrected chi connectivity index (χ3v) is 2.12. The Balaban J connectivity index is 0.000000690. The molecule has 0 atom stereocenters. The van der Waals surface area contributed by atoms with Crippen molar-refractivity contribution in [1.82, 2.24) is 5.32 Å². The number of carbonyl (C=O) groups is 3. The Kier molecular flexibility index (Phi) is 9.89. The van der Waals surface area contributed by atoms with Gasteiger partial charge in [0, 0.05) is 6.42 Å². The van der Waals surface area contributed by atoms with Gasteiger partial charge in [-0.3, -0.25) is 9.59 Å². The van der Waals surface area contributed by atoms with Gasteiger partial charge in [0.15, 0.2) is 0 Å². The number of esters is 1. The number of hydrogen-bond donors (Lipinski definition) is 2. The van der Waals surface area contributed by atoms with E-state index in [4.69, 9.17) is 9.84 Å². The number of hydrogen-bond acceptors (Lipinski definition) is 5. The molecule has 0 saturated heterocycles. The zero-order valence-electron chi connectivity index (χ0n) is 12.0. The molecule has 21 heavy (non-hydrogen) atoms. The van der Waals surface area contributed by atoms with Crippen LogP contribution in [0, 0.1) is 0 Å². The van der Waals surface area contributed by atoms with Gasteiger partial charge in [-0.25, -0.2) is 4.79 Å². The van der Waals surface area contributed by atoms with Gasteiger partial charge in [-0.15, -0.1) is 0 Å². The Morgan fingerprint density at radius 3 is 2.24 bits per heavy atom. The maximum Gasteiger partial charge on any atom is 0.407 e. The fourth-order valence-electron chi connectivity index (χ4n) is 0.991. The maximum absolute atomic E-state index is 11.1. The highest BCUT2D eigenvalue weighted by Gasteiger charge is 2.05. The molecule has 0 fully saturated rings. The van der Waals surface area contributed by atoms with Crippen molar-refractivity contribution in [2.45, 2.75) is 20.0 Å². The van der Waals surface area contributed by atoms with E-state index in [1.54, 1.807) is 6.92 Å². The van der Waals surface area contributed by atoms with Crippen molar-refractivity contribution >= 4 is 18.0 Å². The zero-order valence-corrected chi connectivity index (χ0v) is 12.0.